The molecule has 0 aromatic heterocycles. The molecule has 0 aliphatic heterocycles. The lowest BCUT2D eigenvalue weighted by atomic mass is 10.1. The van der Waals surface area contributed by atoms with Gasteiger partial charge < -0.3 is 9.47 Å². The molecule has 0 aliphatic carbocycles. The summed E-state index contributed by atoms with van der Waals surface area (Å²) in [4.78, 5) is 4.57. The summed E-state index contributed by atoms with van der Waals surface area (Å²) in [5.41, 5.74) is 4.98. The highest BCUT2D eigenvalue weighted by molar-refractivity contribution is 9.10. The van der Waals surface area contributed by atoms with Crippen molar-refractivity contribution in [1.29, 1.82) is 0 Å². The fraction of sp³-hybridized carbons (Fsp3) is 0.208. The molecule has 0 radical (unpaired) electrons. The van der Waals surface area contributed by atoms with Crippen LogP contribution in [0.1, 0.15) is 29.2 Å². The number of aryl methyl sites for hydroxylation is 2. The van der Waals surface area contributed by atoms with E-state index in [0.29, 0.717) is 18.1 Å². The average molecular weight is 456 g/mol. The third kappa shape index (κ3) is 5.67. The van der Waals surface area contributed by atoms with Crippen LogP contribution in [0.15, 0.2) is 64.1 Å². The van der Waals surface area contributed by atoms with Crippen molar-refractivity contribution in [3.8, 4) is 11.5 Å². The topological polar surface area (TPSA) is 30.8 Å². The highest BCUT2D eigenvalue weighted by Crippen LogP contribution is 2.37. The van der Waals surface area contributed by atoms with Gasteiger partial charge in [-0.15, -0.1) is 0 Å². The number of aliphatic imine (C=N–C) groups is 1. The van der Waals surface area contributed by atoms with Crippen molar-refractivity contribution < 1.29 is 13.9 Å². The number of benzene rings is 3. The predicted molar refractivity (Wildman–Crippen MR) is 119 cm³/mol. The van der Waals surface area contributed by atoms with Gasteiger partial charge in [0.05, 0.1) is 16.8 Å². The summed E-state index contributed by atoms with van der Waals surface area (Å²) in [5, 5.41) is 0. The Morgan fingerprint density at radius 1 is 1.00 bits per heavy atom. The summed E-state index contributed by atoms with van der Waals surface area (Å²) in [6.45, 7) is 6.81. The van der Waals surface area contributed by atoms with Gasteiger partial charge in [-0.05, 0) is 95.4 Å². The minimum Gasteiger partial charge on any atom is -0.490 e. The summed E-state index contributed by atoms with van der Waals surface area (Å²) in [7, 11) is 0. The SMILES string of the molecule is CCOc1cc(C=Nc2ccc(C)c(C)c2)cc(Br)c1OCc1cccc(F)c1. The molecular weight excluding hydrogens is 433 g/mol. The van der Waals surface area contributed by atoms with Crippen LogP contribution >= 0.6 is 15.9 Å². The van der Waals surface area contributed by atoms with E-state index in [-0.39, 0.29) is 12.4 Å². The average Bonchev–Trinajstić information content (AvgIpc) is 2.68. The molecule has 0 heterocycles. The molecule has 5 heteroatoms. The predicted octanol–water partition coefficient (Wildman–Crippen LogP) is 6.93. The Morgan fingerprint density at radius 3 is 2.55 bits per heavy atom. The molecule has 0 amide bonds. The van der Waals surface area contributed by atoms with E-state index < -0.39 is 0 Å². The van der Waals surface area contributed by atoms with Crippen LogP contribution in [0.25, 0.3) is 0 Å². The first-order valence-electron chi connectivity index (χ1n) is 9.41. The molecule has 0 unspecified atom stereocenters. The summed E-state index contributed by atoms with van der Waals surface area (Å²) in [6.07, 6.45) is 1.80. The fourth-order valence-corrected chi connectivity index (χ4v) is 3.38. The third-order valence-corrected chi connectivity index (χ3v) is 5.05. The van der Waals surface area contributed by atoms with Crippen molar-refractivity contribution in [2.75, 3.05) is 6.61 Å². The van der Waals surface area contributed by atoms with Gasteiger partial charge in [-0.2, -0.15) is 0 Å². The number of rotatable bonds is 7. The van der Waals surface area contributed by atoms with E-state index in [4.69, 9.17) is 9.47 Å². The van der Waals surface area contributed by atoms with Crippen molar-refractivity contribution in [1.82, 2.24) is 0 Å². The Kier molecular flexibility index (Phi) is 7.04. The van der Waals surface area contributed by atoms with Gasteiger partial charge in [-0.25, -0.2) is 4.39 Å². The molecule has 0 atom stereocenters. The van der Waals surface area contributed by atoms with Gasteiger partial charge >= 0.3 is 0 Å². The molecule has 3 nitrogen and oxygen atoms in total. The Bertz CT molecular complexity index is 1030. The third-order valence-electron chi connectivity index (χ3n) is 4.46. The molecule has 0 bridgehead atoms. The molecule has 3 aromatic carbocycles. The second-order valence-electron chi connectivity index (χ2n) is 6.71. The quantitative estimate of drug-likeness (QED) is 0.361. The summed E-state index contributed by atoms with van der Waals surface area (Å²) in [5.74, 6) is 0.910. The molecule has 0 N–H and O–H groups in total. The van der Waals surface area contributed by atoms with Crippen LogP contribution < -0.4 is 9.47 Å². The van der Waals surface area contributed by atoms with Crippen LogP contribution in [0.3, 0.4) is 0 Å². The molecule has 3 aromatic rings. The lowest BCUT2D eigenvalue weighted by Gasteiger charge is -2.14. The minimum atomic E-state index is -0.284. The second-order valence-corrected chi connectivity index (χ2v) is 7.56. The zero-order chi connectivity index (χ0) is 20.8. The lowest BCUT2D eigenvalue weighted by molar-refractivity contribution is 0.267. The van der Waals surface area contributed by atoms with Gasteiger partial charge in [0.1, 0.15) is 12.4 Å². The Hall–Kier alpha value is -2.66. The summed E-state index contributed by atoms with van der Waals surface area (Å²) >= 11 is 3.56. The first-order valence-corrected chi connectivity index (χ1v) is 10.2. The zero-order valence-corrected chi connectivity index (χ0v) is 18.3. The van der Waals surface area contributed by atoms with Crippen LogP contribution in [0.5, 0.6) is 11.5 Å². The van der Waals surface area contributed by atoms with Gasteiger partial charge in [0.15, 0.2) is 11.5 Å². The molecule has 0 spiro atoms. The van der Waals surface area contributed by atoms with E-state index in [1.54, 1.807) is 12.3 Å². The van der Waals surface area contributed by atoms with Crippen molar-refractivity contribution in [3.05, 3.63) is 87.1 Å². The van der Waals surface area contributed by atoms with Gasteiger partial charge in [0.25, 0.3) is 0 Å². The van der Waals surface area contributed by atoms with Crippen molar-refractivity contribution in [2.45, 2.75) is 27.4 Å². The molecule has 0 fully saturated rings. The normalized spacial score (nSPS) is 11.1. The zero-order valence-electron chi connectivity index (χ0n) is 16.7. The molecule has 150 valence electrons. The molecule has 0 aliphatic rings. The van der Waals surface area contributed by atoms with E-state index >= 15 is 0 Å². The van der Waals surface area contributed by atoms with Crippen LogP contribution in [0.4, 0.5) is 10.1 Å². The highest BCUT2D eigenvalue weighted by Gasteiger charge is 2.12. The smallest absolute Gasteiger partial charge is 0.175 e. The van der Waals surface area contributed by atoms with Crippen molar-refractivity contribution >= 4 is 27.8 Å². The molecule has 0 saturated heterocycles. The van der Waals surface area contributed by atoms with Crippen molar-refractivity contribution in [3.63, 3.8) is 0 Å². The number of ether oxygens (including phenoxy) is 2. The van der Waals surface area contributed by atoms with E-state index in [0.717, 1.165) is 21.3 Å². The minimum absolute atomic E-state index is 0.243. The van der Waals surface area contributed by atoms with Crippen LogP contribution in [-0.2, 0) is 6.61 Å². The molecule has 29 heavy (non-hydrogen) atoms. The standard InChI is InChI=1S/C24H23BrFNO2/c1-4-28-23-13-19(14-27-21-9-8-16(2)17(3)10-21)12-22(25)24(23)29-15-18-6-5-7-20(26)11-18/h5-14H,4,15H2,1-3H3. The molecule has 3 rings (SSSR count). The maximum Gasteiger partial charge on any atom is 0.175 e. The fourth-order valence-electron chi connectivity index (χ4n) is 2.80. The number of hydrogen-bond acceptors (Lipinski definition) is 3. The number of halogens is 2. The van der Waals surface area contributed by atoms with Gasteiger partial charge in [0, 0.05) is 6.21 Å². The van der Waals surface area contributed by atoms with Gasteiger partial charge in [0.2, 0.25) is 0 Å². The van der Waals surface area contributed by atoms with E-state index in [1.807, 2.05) is 31.2 Å². The Balaban J connectivity index is 1.83. The first kappa shape index (κ1) is 21.1. The van der Waals surface area contributed by atoms with Crippen LogP contribution in [0.2, 0.25) is 0 Å². The highest BCUT2D eigenvalue weighted by atomic mass is 79.9. The lowest BCUT2D eigenvalue weighted by Crippen LogP contribution is -2.01. The van der Waals surface area contributed by atoms with Gasteiger partial charge in [-0.3, -0.25) is 4.99 Å². The van der Waals surface area contributed by atoms with Crippen molar-refractivity contribution in [2.24, 2.45) is 4.99 Å². The molecule has 0 saturated carbocycles. The molecular formula is C24H23BrFNO2. The maximum atomic E-state index is 13.4. The Morgan fingerprint density at radius 2 is 1.83 bits per heavy atom. The summed E-state index contributed by atoms with van der Waals surface area (Å²) < 4.78 is 25.8. The van der Waals surface area contributed by atoms with E-state index in [1.165, 1.54) is 23.3 Å². The first-order chi connectivity index (χ1) is 14.0. The summed E-state index contributed by atoms with van der Waals surface area (Å²) in [6, 6.07) is 16.3. The van der Waals surface area contributed by atoms with Crippen LogP contribution in [0, 0.1) is 19.7 Å². The van der Waals surface area contributed by atoms with Crippen LogP contribution in [-0.4, -0.2) is 12.8 Å². The number of nitrogens with zero attached hydrogens (tertiary/aromatic N) is 1. The second kappa shape index (κ2) is 9.70. The Labute approximate surface area is 179 Å². The monoisotopic (exact) mass is 455 g/mol. The number of hydrogen-bond donors (Lipinski definition) is 0. The van der Waals surface area contributed by atoms with Gasteiger partial charge in [-0.1, -0.05) is 18.2 Å². The van der Waals surface area contributed by atoms with E-state index in [9.17, 15) is 4.39 Å². The van der Waals surface area contributed by atoms with E-state index in [2.05, 4.69) is 46.9 Å². The largest absolute Gasteiger partial charge is 0.490 e. The maximum absolute atomic E-state index is 13.4.